The first-order valence-corrected chi connectivity index (χ1v) is 4.09. The van der Waals surface area contributed by atoms with Crippen LogP contribution in [0.3, 0.4) is 0 Å². The minimum absolute atomic E-state index is 0.162. The molecule has 0 amide bonds. The Morgan fingerprint density at radius 1 is 1.85 bits per heavy atom. The number of carbonyl (C=O) groups excluding carboxylic acids is 1. The second-order valence-electron chi connectivity index (χ2n) is 1.86. The molecule has 0 aromatic carbocycles. The van der Waals surface area contributed by atoms with Crippen molar-refractivity contribution in [3.05, 3.63) is 5.38 Å². The van der Waals surface area contributed by atoms with E-state index in [0.717, 1.165) is 6.21 Å². The molecule has 0 saturated carbocycles. The van der Waals surface area contributed by atoms with Crippen LogP contribution in [0.2, 0.25) is 0 Å². The molecule has 70 valence electrons. The maximum absolute atomic E-state index is 10.9. The molecule has 0 spiro atoms. The zero-order valence-electron chi connectivity index (χ0n) is 6.76. The van der Waals surface area contributed by atoms with Crippen LogP contribution in [-0.2, 0) is 9.63 Å². The summed E-state index contributed by atoms with van der Waals surface area (Å²) in [5.41, 5.74) is 5.31. The Balaban J connectivity index is 2.50. The number of rotatable bonds is 3. The normalized spacial score (nSPS) is 10.2. The molecule has 0 aliphatic carbocycles. The Bertz CT molecular complexity index is 323. The summed E-state index contributed by atoms with van der Waals surface area (Å²) in [4.78, 5) is 18.8. The first-order valence-electron chi connectivity index (χ1n) is 3.21. The van der Waals surface area contributed by atoms with Crippen molar-refractivity contribution in [1.29, 1.82) is 0 Å². The van der Waals surface area contributed by atoms with Crippen molar-refractivity contribution in [2.75, 3.05) is 12.8 Å². The number of nitrogens with zero attached hydrogens (tertiary/aromatic N) is 2. The number of hydrogen-bond donors (Lipinski definition) is 1. The summed E-state index contributed by atoms with van der Waals surface area (Å²) in [6.45, 7) is 0. The summed E-state index contributed by atoms with van der Waals surface area (Å²) in [5.74, 6) is -0.498. The maximum Gasteiger partial charge on any atom is 0.359 e. The number of nitrogens with two attached hydrogens (primary N) is 1. The van der Waals surface area contributed by atoms with E-state index in [1.165, 1.54) is 23.8 Å². The summed E-state index contributed by atoms with van der Waals surface area (Å²) < 4.78 is 4.69. The Kier molecular flexibility index (Phi) is 3.21. The Morgan fingerprint density at radius 2 is 2.62 bits per heavy atom. The molecule has 0 atom stereocenters. The van der Waals surface area contributed by atoms with Gasteiger partial charge >= 0.3 is 5.97 Å². The molecule has 0 aliphatic rings. The monoisotopic (exact) mass is 201 g/mol. The van der Waals surface area contributed by atoms with Crippen molar-refractivity contribution in [3.8, 4) is 5.88 Å². The van der Waals surface area contributed by atoms with Gasteiger partial charge in [-0.2, -0.15) is 4.98 Å². The maximum atomic E-state index is 10.9. The predicted octanol–water partition coefficient (Wildman–Crippen LogP) is 0.263. The van der Waals surface area contributed by atoms with Crippen molar-refractivity contribution in [3.63, 3.8) is 0 Å². The zero-order valence-corrected chi connectivity index (χ0v) is 7.58. The van der Waals surface area contributed by atoms with Crippen molar-refractivity contribution >= 4 is 28.7 Å². The minimum Gasteiger partial charge on any atom is -0.402 e. The first kappa shape index (κ1) is 9.46. The molecule has 1 aromatic rings. The third-order valence-corrected chi connectivity index (χ3v) is 1.62. The zero-order chi connectivity index (χ0) is 9.68. The number of thiazole rings is 1. The molecular formula is C6H7N3O3S. The topological polar surface area (TPSA) is 86.8 Å². The summed E-state index contributed by atoms with van der Waals surface area (Å²) in [6.07, 6.45) is 0.898. The van der Waals surface area contributed by atoms with Gasteiger partial charge in [0.1, 0.15) is 7.11 Å². The average Bonchev–Trinajstić information content (AvgIpc) is 2.48. The molecule has 1 heterocycles. The molecule has 0 radical (unpaired) electrons. The lowest BCUT2D eigenvalue weighted by Gasteiger charge is -1.92. The first-order chi connectivity index (χ1) is 6.22. The summed E-state index contributed by atoms with van der Waals surface area (Å²) in [6, 6.07) is 0. The van der Waals surface area contributed by atoms with Gasteiger partial charge in [0.25, 0.3) is 0 Å². The number of hydrogen-bond acceptors (Lipinski definition) is 7. The molecule has 1 aromatic heterocycles. The average molecular weight is 201 g/mol. The van der Waals surface area contributed by atoms with Crippen LogP contribution >= 0.6 is 11.3 Å². The molecule has 1 rings (SSSR count). The second kappa shape index (κ2) is 4.41. The third-order valence-electron chi connectivity index (χ3n) is 0.970. The van der Waals surface area contributed by atoms with Crippen molar-refractivity contribution < 1.29 is 14.4 Å². The van der Waals surface area contributed by atoms with E-state index in [0.29, 0.717) is 5.13 Å². The number of carbonyl (C=O) groups is 1. The number of anilines is 1. The lowest BCUT2D eigenvalue weighted by Crippen LogP contribution is -2.09. The summed E-state index contributed by atoms with van der Waals surface area (Å²) >= 11 is 1.18. The molecule has 0 saturated heterocycles. The van der Waals surface area contributed by atoms with Gasteiger partial charge in [0.05, 0.1) is 5.38 Å². The van der Waals surface area contributed by atoms with Gasteiger partial charge in [-0.05, 0) is 0 Å². The van der Waals surface area contributed by atoms with Crippen LogP contribution in [-0.4, -0.2) is 24.3 Å². The van der Waals surface area contributed by atoms with Crippen molar-refractivity contribution in [2.24, 2.45) is 5.16 Å². The molecule has 2 N–H and O–H groups in total. The van der Waals surface area contributed by atoms with E-state index in [1.807, 2.05) is 0 Å². The van der Waals surface area contributed by atoms with Crippen LogP contribution in [0, 0.1) is 0 Å². The lowest BCUT2D eigenvalue weighted by atomic mass is 10.7. The molecule has 0 bridgehead atoms. The van der Waals surface area contributed by atoms with Gasteiger partial charge in [0.2, 0.25) is 5.88 Å². The number of esters is 1. The van der Waals surface area contributed by atoms with E-state index in [-0.39, 0.29) is 5.88 Å². The van der Waals surface area contributed by atoms with Crippen LogP contribution in [0.5, 0.6) is 5.88 Å². The Hall–Kier alpha value is -1.63. The van der Waals surface area contributed by atoms with Gasteiger partial charge in [-0.1, -0.05) is 5.16 Å². The summed E-state index contributed by atoms with van der Waals surface area (Å²) in [5, 5.41) is 5.08. The van der Waals surface area contributed by atoms with E-state index in [9.17, 15) is 4.79 Å². The molecule has 0 aliphatic heterocycles. The molecule has 13 heavy (non-hydrogen) atoms. The number of aromatic nitrogens is 1. The van der Waals surface area contributed by atoms with E-state index >= 15 is 0 Å². The quantitative estimate of drug-likeness (QED) is 0.430. The molecule has 7 heteroatoms. The van der Waals surface area contributed by atoms with Crippen LogP contribution in [0.1, 0.15) is 0 Å². The fraction of sp³-hybridized carbons (Fsp3) is 0.167. The molecule has 0 fully saturated rings. The standard InChI is InChI=1S/C6H7N3O3S/c1-11-8-2-5(10)12-4-3-13-6(7)9-4/h2-3H,1H3,(H2,7,9). The van der Waals surface area contributed by atoms with Crippen LogP contribution in [0.25, 0.3) is 0 Å². The van der Waals surface area contributed by atoms with Gasteiger partial charge in [-0.25, -0.2) is 4.79 Å². The highest BCUT2D eigenvalue weighted by molar-refractivity contribution is 7.13. The van der Waals surface area contributed by atoms with Gasteiger partial charge in [0, 0.05) is 0 Å². The van der Waals surface area contributed by atoms with Gasteiger partial charge < -0.3 is 15.3 Å². The van der Waals surface area contributed by atoms with E-state index in [4.69, 9.17) is 5.73 Å². The molecule has 6 nitrogen and oxygen atoms in total. The van der Waals surface area contributed by atoms with Gasteiger partial charge in [-0.3, -0.25) is 0 Å². The third kappa shape index (κ3) is 3.08. The lowest BCUT2D eigenvalue weighted by molar-refractivity contribution is -0.126. The van der Waals surface area contributed by atoms with Gasteiger partial charge in [0.15, 0.2) is 11.3 Å². The highest BCUT2D eigenvalue weighted by Gasteiger charge is 2.04. The van der Waals surface area contributed by atoms with E-state index in [1.54, 1.807) is 0 Å². The fourth-order valence-corrected chi connectivity index (χ4v) is 1.01. The van der Waals surface area contributed by atoms with Crippen LogP contribution in [0.4, 0.5) is 5.13 Å². The SMILES string of the molecule is CON=CC(=O)Oc1csc(N)n1. The summed E-state index contributed by atoms with van der Waals surface area (Å²) in [7, 11) is 1.32. The Morgan fingerprint density at radius 3 is 3.15 bits per heavy atom. The highest BCUT2D eigenvalue weighted by Crippen LogP contribution is 2.17. The van der Waals surface area contributed by atoms with Gasteiger partial charge in [-0.15, -0.1) is 11.3 Å². The number of nitrogen functional groups attached to an aromatic ring is 1. The second-order valence-corrected chi connectivity index (χ2v) is 2.75. The van der Waals surface area contributed by atoms with Crippen molar-refractivity contribution in [2.45, 2.75) is 0 Å². The fourth-order valence-electron chi connectivity index (χ4n) is 0.544. The largest absolute Gasteiger partial charge is 0.402 e. The highest BCUT2D eigenvalue weighted by atomic mass is 32.1. The Labute approximate surface area is 78.0 Å². The molecular weight excluding hydrogens is 194 g/mol. The molecule has 0 unspecified atom stereocenters. The smallest absolute Gasteiger partial charge is 0.359 e. The van der Waals surface area contributed by atoms with Crippen molar-refractivity contribution in [1.82, 2.24) is 4.98 Å². The van der Waals surface area contributed by atoms with Crippen LogP contribution in [0.15, 0.2) is 10.5 Å². The minimum atomic E-state index is -0.660. The van der Waals surface area contributed by atoms with E-state index < -0.39 is 5.97 Å². The van der Waals surface area contributed by atoms with Crippen LogP contribution < -0.4 is 10.5 Å². The van der Waals surface area contributed by atoms with E-state index in [2.05, 4.69) is 19.7 Å². The number of oxime groups is 1. The predicted molar refractivity (Wildman–Crippen MR) is 47.7 cm³/mol. The number of ether oxygens (including phenoxy) is 1.